The maximum Gasteiger partial charge on any atom is 0.142 e. The minimum Gasteiger partial charge on any atom is -0.493 e. The van der Waals surface area contributed by atoms with Gasteiger partial charge in [0.05, 0.1) is 12.2 Å². The van der Waals surface area contributed by atoms with Gasteiger partial charge >= 0.3 is 0 Å². The van der Waals surface area contributed by atoms with Gasteiger partial charge in [0.2, 0.25) is 0 Å². The molecule has 2 rings (SSSR count). The molecule has 1 saturated carbocycles. The predicted octanol–water partition coefficient (Wildman–Crippen LogP) is 7.30. The van der Waals surface area contributed by atoms with Gasteiger partial charge in [-0.3, -0.25) is 0 Å². The molecule has 1 aromatic carbocycles. The van der Waals surface area contributed by atoms with Gasteiger partial charge < -0.3 is 4.74 Å². The van der Waals surface area contributed by atoms with Crippen LogP contribution in [0.3, 0.4) is 0 Å². The van der Waals surface area contributed by atoms with Gasteiger partial charge in [-0.05, 0) is 62.1 Å². The fourth-order valence-electron chi connectivity index (χ4n) is 3.68. The molecule has 0 N–H and O–H groups in total. The maximum atomic E-state index is 14.1. The predicted molar refractivity (Wildman–Crippen MR) is 112 cm³/mol. The number of benzene rings is 1. The summed E-state index contributed by atoms with van der Waals surface area (Å²) in [5, 5.41) is 0. The molecule has 0 aromatic heterocycles. The molecular weight excluding hydrogens is 335 g/mol. The second-order valence-electron chi connectivity index (χ2n) is 7.75. The number of unbranched alkanes of at least 4 members (excludes halogenated alkanes) is 3. The number of allylic oxidation sites excluding steroid dienone is 2. The van der Waals surface area contributed by atoms with Crippen LogP contribution in [0.25, 0.3) is 0 Å². The Balaban J connectivity index is 1.76. The molecule has 1 aliphatic rings. The lowest BCUT2D eigenvalue weighted by molar-refractivity contribution is 0.289. The number of hydrogen-bond acceptors (Lipinski definition) is 1. The summed E-state index contributed by atoms with van der Waals surface area (Å²) in [5.74, 6) is 7.77. The summed E-state index contributed by atoms with van der Waals surface area (Å²) in [7, 11) is 0. The standard InChI is InChI=1S/C25H35FO/c1-3-5-7-10-21-13-15-22(16-14-21)11-8-9-12-23-17-18-24(20-25(23)26)27-19-6-4-2/h8,11,17-18,20-22H,3-7,10,13-16,19H2,1-2H3/b11-8+/t21-,22-. The average Bonchev–Trinajstić information content (AvgIpc) is 2.68. The lowest BCUT2D eigenvalue weighted by Crippen LogP contribution is -2.12. The molecule has 1 aromatic rings. The number of rotatable bonds is 9. The molecule has 0 spiro atoms. The van der Waals surface area contributed by atoms with E-state index in [0.717, 1.165) is 18.8 Å². The van der Waals surface area contributed by atoms with Crippen molar-refractivity contribution in [3.63, 3.8) is 0 Å². The van der Waals surface area contributed by atoms with Crippen molar-refractivity contribution < 1.29 is 9.13 Å². The largest absolute Gasteiger partial charge is 0.493 e. The summed E-state index contributed by atoms with van der Waals surface area (Å²) in [5.41, 5.74) is 0.433. The van der Waals surface area contributed by atoms with Crippen molar-refractivity contribution in [2.24, 2.45) is 11.8 Å². The van der Waals surface area contributed by atoms with Crippen molar-refractivity contribution >= 4 is 0 Å². The number of halogens is 1. The zero-order valence-corrected chi connectivity index (χ0v) is 17.1. The van der Waals surface area contributed by atoms with Crippen LogP contribution in [0.4, 0.5) is 4.39 Å². The molecule has 148 valence electrons. The van der Waals surface area contributed by atoms with E-state index in [-0.39, 0.29) is 5.82 Å². The fraction of sp³-hybridized carbons (Fsp3) is 0.600. The molecule has 0 amide bonds. The third kappa shape index (κ3) is 8.21. The molecule has 0 heterocycles. The van der Waals surface area contributed by atoms with Gasteiger partial charge in [-0.2, -0.15) is 0 Å². The monoisotopic (exact) mass is 370 g/mol. The Hall–Kier alpha value is -1.75. The van der Waals surface area contributed by atoms with Crippen molar-refractivity contribution in [1.82, 2.24) is 0 Å². The normalized spacial score (nSPS) is 19.7. The summed E-state index contributed by atoms with van der Waals surface area (Å²) >= 11 is 0. The molecule has 27 heavy (non-hydrogen) atoms. The highest BCUT2D eigenvalue weighted by atomic mass is 19.1. The molecule has 1 nitrogen and oxygen atoms in total. The van der Waals surface area contributed by atoms with Crippen molar-refractivity contribution in [2.45, 2.75) is 78.1 Å². The molecule has 0 unspecified atom stereocenters. The van der Waals surface area contributed by atoms with E-state index in [1.165, 1.54) is 57.4 Å². The van der Waals surface area contributed by atoms with Crippen LogP contribution < -0.4 is 4.74 Å². The van der Waals surface area contributed by atoms with Crippen molar-refractivity contribution in [3.8, 4) is 17.6 Å². The molecule has 0 atom stereocenters. The van der Waals surface area contributed by atoms with Gasteiger partial charge in [0, 0.05) is 6.07 Å². The van der Waals surface area contributed by atoms with Crippen molar-refractivity contribution in [1.29, 1.82) is 0 Å². The Labute approximate surface area is 165 Å². The SMILES string of the molecule is CCCCC[C@H]1CC[C@H](/C=C/C#Cc2ccc(OCCCC)cc2F)CC1. The molecule has 1 fully saturated rings. The van der Waals surface area contributed by atoms with E-state index in [1.807, 2.05) is 6.08 Å². The van der Waals surface area contributed by atoms with Crippen molar-refractivity contribution in [2.75, 3.05) is 6.61 Å². The quantitative estimate of drug-likeness (QED) is 0.327. The molecule has 0 aliphatic heterocycles. The molecule has 2 heteroatoms. The molecular formula is C25H35FO. The van der Waals surface area contributed by atoms with Gasteiger partial charge in [0.1, 0.15) is 11.6 Å². The Bertz CT molecular complexity index is 629. The van der Waals surface area contributed by atoms with E-state index >= 15 is 0 Å². The van der Waals surface area contributed by atoms with Gasteiger partial charge in [-0.15, -0.1) is 0 Å². The average molecular weight is 371 g/mol. The Kier molecular flexibility index (Phi) is 10.1. The minimum atomic E-state index is -0.308. The van der Waals surface area contributed by atoms with Crippen LogP contribution in [0, 0.1) is 29.5 Å². The first-order valence-corrected chi connectivity index (χ1v) is 10.8. The smallest absolute Gasteiger partial charge is 0.142 e. The van der Waals surface area contributed by atoms with Gasteiger partial charge in [0.25, 0.3) is 0 Å². The van der Waals surface area contributed by atoms with Crippen LogP contribution in [0.5, 0.6) is 5.75 Å². The first-order valence-electron chi connectivity index (χ1n) is 10.8. The van der Waals surface area contributed by atoms with Gasteiger partial charge in [-0.1, -0.05) is 63.9 Å². The summed E-state index contributed by atoms with van der Waals surface area (Å²) in [6, 6.07) is 4.94. The number of hydrogen-bond donors (Lipinski definition) is 0. The number of ether oxygens (including phenoxy) is 1. The molecule has 0 radical (unpaired) electrons. The zero-order chi connectivity index (χ0) is 19.3. The van der Waals surface area contributed by atoms with Crippen LogP contribution in [0.1, 0.15) is 83.6 Å². The first kappa shape index (κ1) is 21.5. The fourth-order valence-corrected chi connectivity index (χ4v) is 3.68. The van der Waals surface area contributed by atoms with Gasteiger partial charge in [0.15, 0.2) is 0 Å². The van der Waals surface area contributed by atoms with Crippen LogP contribution >= 0.6 is 0 Å². The molecule has 1 aliphatic carbocycles. The third-order valence-corrected chi connectivity index (χ3v) is 5.47. The van der Waals surface area contributed by atoms with Crippen LogP contribution in [0.15, 0.2) is 30.4 Å². The highest BCUT2D eigenvalue weighted by Crippen LogP contribution is 2.32. The Morgan fingerprint density at radius 3 is 2.56 bits per heavy atom. The lowest BCUT2D eigenvalue weighted by Gasteiger charge is -2.26. The summed E-state index contributed by atoms with van der Waals surface area (Å²) in [4.78, 5) is 0. The van der Waals surface area contributed by atoms with Crippen LogP contribution in [-0.4, -0.2) is 6.61 Å². The first-order chi connectivity index (χ1) is 13.2. The van der Waals surface area contributed by atoms with Crippen LogP contribution in [0.2, 0.25) is 0 Å². The van der Waals surface area contributed by atoms with Crippen LogP contribution in [-0.2, 0) is 0 Å². The van der Waals surface area contributed by atoms with E-state index in [1.54, 1.807) is 12.1 Å². The summed E-state index contributed by atoms with van der Waals surface area (Å²) in [6.07, 6.45) is 16.9. The van der Waals surface area contributed by atoms with E-state index in [4.69, 9.17) is 4.74 Å². The Morgan fingerprint density at radius 2 is 1.85 bits per heavy atom. The topological polar surface area (TPSA) is 9.23 Å². The Morgan fingerprint density at radius 1 is 1.07 bits per heavy atom. The highest BCUT2D eigenvalue weighted by Gasteiger charge is 2.18. The van der Waals surface area contributed by atoms with E-state index in [9.17, 15) is 4.39 Å². The van der Waals surface area contributed by atoms with E-state index in [2.05, 4.69) is 31.8 Å². The minimum absolute atomic E-state index is 0.308. The second-order valence-corrected chi connectivity index (χ2v) is 7.75. The zero-order valence-electron chi connectivity index (χ0n) is 17.1. The third-order valence-electron chi connectivity index (χ3n) is 5.47. The second kappa shape index (κ2) is 12.6. The summed E-state index contributed by atoms with van der Waals surface area (Å²) < 4.78 is 19.6. The summed E-state index contributed by atoms with van der Waals surface area (Å²) in [6.45, 7) is 5.00. The molecule has 0 bridgehead atoms. The van der Waals surface area contributed by atoms with E-state index in [0.29, 0.717) is 23.8 Å². The van der Waals surface area contributed by atoms with E-state index < -0.39 is 0 Å². The molecule has 0 saturated heterocycles. The lowest BCUT2D eigenvalue weighted by atomic mass is 9.79. The van der Waals surface area contributed by atoms with Gasteiger partial charge in [-0.25, -0.2) is 4.39 Å². The maximum absolute atomic E-state index is 14.1. The van der Waals surface area contributed by atoms with Crippen molar-refractivity contribution in [3.05, 3.63) is 41.7 Å². The highest BCUT2D eigenvalue weighted by molar-refractivity contribution is 5.41.